The molecule has 0 unspecified atom stereocenters. The minimum absolute atomic E-state index is 0.256. The molecule has 1 aromatic rings. The van der Waals surface area contributed by atoms with Crippen LogP contribution in [0.3, 0.4) is 0 Å². The number of piperidine rings is 1. The summed E-state index contributed by atoms with van der Waals surface area (Å²) < 4.78 is 0. The Hall–Kier alpha value is -1.88. The second kappa shape index (κ2) is 7.59. The second-order valence-corrected chi connectivity index (χ2v) is 6.96. The number of aryl methyl sites for hydroxylation is 2. The van der Waals surface area contributed by atoms with Crippen LogP contribution >= 0.6 is 0 Å². The molecule has 0 saturated carbocycles. The number of hydrogen-bond donors (Lipinski definition) is 2. The zero-order chi connectivity index (χ0) is 17.0. The van der Waals surface area contributed by atoms with Crippen molar-refractivity contribution in [3.8, 4) is 0 Å². The zero-order valence-corrected chi connectivity index (χ0v) is 14.5. The Morgan fingerprint density at radius 1 is 1.17 bits per heavy atom. The van der Waals surface area contributed by atoms with E-state index < -0.39 is 6.03 Å². The molecule has 0 spiro atoms. The SMILES string of the molecule is Cc1ccc(NC(=O)NC(=O)CN2C[C@@H](C)C[C@H](C)C2)c(C)c1. The molecule has 2 N–H and O–H groups in total. The first-order valence-electron chi connectivity index (χ1n) is 8.24. The van der Waals surface area contributed by atoms with Crippen molar-refractivity contribution >= 4 is 17.6 Å². The van der Waals surface area contributed by atoms with Gasteiger partial charge in [-0.15, -0.1) is 0 Å². The van der Waals surface area contributed by atoms with Crippen molar-refractivity contribution in [2.45, 2.75) is 34.1 Å². The normalized spacial score (nSPS) is 21.7. The van der Waals surface area contributed by atoms with Crippen LogP contribution in [0.2, 0.25) is 0 Å². The van der Waals surface area contributed by atoms with Crippen molar-refractivity contribution in [1.82, 2.24) is 10.2 Å². The number of likely N-dealkylation sites (tertiary alicyclic amines) is 1. The van der Waals surface area contributed by atoms with Crippen LogP contribution in [-0.4, -0.2) is 36.5 Å². The van der Waals surface area contributed by atoms with Crippen LogP contribution in [-0.2, 0) is 4.79 Å². The largest absolute Gasteiger partial charge is 0.325 e. The van der Waals surface area contributed by atoms with Gasteiger partial charge in [0.2, 0.25) is 5.91 Å². The van der Waals surface area contributed by atoms with Gasteiger partial charge in [0.25, 0.3) is 0 Å². The van der Waals surface area contributed by atoms with Gasteiger partial charge in [0.1, 0.15) is 0 Å². The molecule has 1 saturated heterocycles. The fourth-order valence-corrected chi connectivity index (χ4v) is 3.40. The van der Waals surface area contributed by atoms with Crippen molar-refractivity contribution in [3.05, 3.63) is 29.3 Å². The summed E-state index contributed by atoms with van der Waals surface area (Å²) in [6, 6.07) is 5.30. The fraction of sp³-hybridized carbons (Fsp3) is 0.556. The number of hydrogen-bond acceptors (Lipinski definition) is 3. The highest BCUT2D eigenvalue weighted by atomic mass is 16.2. The number of imide groups is 1. The molecule has 2 atom stereocenters. The summed E-state index contributed by atoms with van der Waals surface area (Å²) in [6.45, 7) is 10.4. The van der Waals surface area contributed by atoms with E-state index in [9.17, 15) is 9.59 Å². The Bertz CT molecular complexity index is 576. The van der Waals surface area contributed by atoms with Crippen molar-refractivity contribution in [2.24, 2.45) is 11.8 Å². The lowest BCUT2D eigenvalue weighted by Gasteiger charge is -2.34. The summed E-state index contributed by atoms with van der Waals surface area (Å²) in [5.74, 6) is 0.930. The maximum Gasteiger partial charge on any atom is 0.325 e. The molecule has 5 nitrogen and oxygen atoms in total. The monoisotopic (exact) mass is 317 g/mol. The fourth-order valence-electron chi connectivity index (χ4n) is 3.40. The van der Waals surface area contributed by atoms with Gasteiger partial charge in [-0.2, -0.15) is 0 Å². The molecule has 1 aliphatic heterocycles. The maximum absolute atomic E-state index is 12.1. The Morgan fingerprint density at radius 3 is 2.43 bits per heavy atom. The molecule has 2 rings (SSSR count). The third-order valence-corrected chi connectivity index (χ3v) is 4.19. The first-order chi connectivity index (χ1) is 10.8. The van der Waals surface area contributed by atoms with Crippen molar-refractivity contribution in [3.63, 3.8) is 0 Å². The van der Waals surface area contributed by atoms with Gasteiger partial charge >= 0.3 is 6.03 Å². The van der Waals surface area contributed by atoms with Crippen LogP contribution in [0, 0.1) is 25.7 Å². The zero-order valence-electron chi connectivity index (χ0n) is 14.5. The van der Waals surface area contributed by atoms with Gasteiger partial charge in [-0.25, -0.2) is 4.79 Å². The number of rotatable bonds is 3. The molecule has 23 heavy (non-hydrogen) atoms. The third-order valence-electron chi connectivity index (χ3n) is 4.19. The van der Waals surface area contributed by atoms with Gasteiger partial charge < -0.3 is 5.32 Å². The number of nitrogens with zero attached hydrogens (tertiary/aromatic N) is 1. The van der Waals surface area contributed by atoms with Gasteiger partial charge in [-0.1, -0.05) is 31.5 Å². The van der Waals surface area contributed by atoms with Crippen LogP contribution in [0.25, 0.3) is 0 Å². The number of carbonyl (C=O) groups is 2. The summed E-state index contributed by atoms with van der Waals surface area (Å²) in [7, 11) is 0. The average molecular weight is 317 g/mol. The Labute approximate surface area is 138 Å². The third kappa shape index (κ3) is 5.36. The molecule has 5 heteroatoms. The summed E-state index contributed by atoms with van der Waals surface area (Å²) in [4.78, 5) is 26.1. The summed E-state index contributed by atoms with van der Waals surface area (Å²) >= 11 is 0. The highest BCUT2D eigenvalue weighted by molar-refractivity contribution is 6.02. The minimum atomic E-state index is -0.472. The predicted molar refractivity (Wildman–Crippen MR) is 92.5 cm³/mol. The lowest BCUT2D eigenvalue weighted by molar-refractivity contribution is -0.121. The molecule has 1 aliphatic rings. The molecule has 0 radical (unpaired) electrons. The predicted octanol–water partition coefficient (Wildman–Crippen LogP) is 2.93. The van der Waals surface area contributed by atoms with E-state index in [0.717, 1.165) is 29.9 Å². The van der Waals surface area contributed by atoms with Crippen LogP contribution in [0.1, 0.15) is 31.4 Å². The molecule has 1 aromatic carbocycles. The average Bonchev–Trinajstić information content (AvgIpc) is 2.40. The Morgan fingerprint density at radius 2 is 1.83 bits per heavy atom. The lowest BCUT2D eigenvalue weighted by atomic mass is 9.92. The van der Waals surface area contributed by atoms with E-state index in [4.69, 9.17) is 0 Å². The van der Waals surface area contributed by atoms with E-state index >= 15 is 0 Å². The Balaban J connectivity index is 1.83. The lowest BCUT2D eigenvalue weighted by Crippen LogP contribution is -2.46. The van der Waals surface area contributed by atoms with E-state index in [-0.39, 0.29) is 12.5 Å². The highest BCUT2D eigenvalue weighted by Gasteiger charge is 2.23. The van der Waals surface area contributed by atoms with Crippen LogP contribution in [0.4, 0.5) is 10.5 Å². The maximum atomic E-state index is 12.1. The number of benzene rings is 1. The smallest absolute Gasteiger partial charge is 0.307 e. The number of nitrogens with one attached hydrogen (secondary N) is 2. The summed E-state index contributed by atoms with van der Waals surface area (Å²) in [5, 5.41) is 5.15. The second-order valence-electron chi connectivity index (χ2n) is 6.96. The van der Waals surface area contributed by atoms with Crippen LogP contribution in [0.15, 0.2) is 18.2 Å². The van der Waals surface area contributed by atoms with E-state index in [1.807, 2.05) is 32.0 Å². The van der Waals surface area contributed by atoms with Gasteiger partial charge in [-0.05, 0) is 43.7 Å². The Kier molecular flexibility index (Phi) is 5.77. The topological polar surface area (TPSA) is 61.4 Å². The molecular weight excluding hydrogens is 290 g/mol. The first kappa shape index (κ1) is 17.5. The van der Waals surface area contributed by atoms with Crippen molar-refractivity contribution in [2.75, 3.05) is 25.0 Å². The molecule has 0 aliphatic carbocycles. The number of anilines is 1. The summed E-state index contributed by atoms with van der Waals surface area (Å²) in [5.41, 5.74) is 2.84. The molecule has 126 valence electrons. The van der Waals surface area contributed by atoms with E-state index in [2.05, 4.69) is 29.4 Å². The van der Waals surface area contributed by atoms with Crippen LogP contribution in [0.5, 0.6) is 0 Å². The van der Waals surface area contributed by atoms with Gasteiger partial charge in [-0.3, -0.25) is 15.0 Å². The minimum Gasteiger partial charge on any atom is -0.307 e. The van der Waals surface area contributed by atoms with Crippen molar-refractivity contribution < 1.29 is 9.59 Å². The molecule has 1 heterocycles. The van der Waals surface area contributed by atoms with E-state index in [0.29, 0.717) is 11.8 Å². The van der Waals surface area contributed by atoms with Gasteiger partial charge in [0.05, 0.1) is 6.54 Å². The molecular formula is C18H27N3O2. The molecule has 3 amide bonds. The van der Waals surface area contributed by atoms with E-state index in [1.165, 1.54) is 6.42 Å². The van der Waals surface area contributed by atoms with E-state index in [1.54, 1.807) is 0 Å². The number of carbonyl (C=O) groups excluding carboxylic acids is 2. The van der Waals surface area contributed by atoms with Gasteiger partial charge in [0.15, 0.2) is 0 Å². The summed E-state index contributed by atoms with van der Waals surface area (Å²) in [6.07, 6.45) is 1.20. The van der Waals surface area contributed by atoms with Gasteiger partial charge in [0, 0.05) is 18.8 Å². The van der Waals surface area contributed by atoms with Crippen molar-refractivity contribution in [1.29, 1.82) is 0 Å². The number of urea groups is 1. The first-order valence-corrected chi connectivity index (χ1v) is 8.24. The molecule has 0 bridgehead atoms. The molecule has 1 fully saturated rings. The quantitative estimate of drug-likeness (QED) is 0.901. The van der Waals surface area contributed by atoms with Crippen LogP contribution < -0.4 is 10.6 Å². The molecule has 0 aromatic heterocycles. The standard InChI is InChI=1S/C18H27N3O2/c1-12-5-6-16(15(4)8-12)19-18(23)20-17(22)11-21-9-13(2)7-14(3)10-21/h5-6,8,13-14H,7,9-11H2,1-4H3,(H2,19,20,22,23)/t13-,14-/m0/s1. The number of amides is 3. The highest BCUT2D eigenvalue weighted by Crippen LogP contribution is 2.20.